The van der Waals surface area contributed by atoms with Crippen molar-refractivity contribution in [2.24, 2.45) is 0 Å². The molecule has 1 unspecified atom stereocenters. The van der Waals surface area contributed by atoms with E-state index in [0.29, 0.717) is 18.2 Å². The fraction of sp³-hybridized carbons (Fsp3) is 0.421. The zero-order chi connectivity index (χ0) is 16.8. The van der Waals surface area contributed by atoms with Gasteiger partial charge in [-0.3, -0.25) is 0 Å². The van der Waals surface area contributed by atoms with E-state index in [2.05, 4.69) is 50.8 Å². The van der Waals surface area contributed by atoms with Gasteiger partial charge in [0.15, 0.2) is 0 Å². The zero-order valence-electron chi connectivity index (χ0n) is 14.1. The van der Waals surface area contributed by atoms with Crippen LogP contribution in [0, 0.1) is 6.92 Å². The molecule has 1 aliphatic rings. The molecule has 0 aliphatic carbocycles. The summed E-state index contributed by atoms with van der Waals surface area (Å²) < 4.78 is 5.47. The number of rotatable bonds is 3. The van der Waals surface area contributed by atoms with Gasteiger partial charge in [-0.15, -0.1) is 0 Å². The van der Waals surface area contributed by atoms with Crippen LogP contribution in [-0.4, -0.2) is 16.6 Å². The Morgan fingerprint density at radius 2 is 2.09 bits per heavy atom. The van der Waals surface area contributed by atoms with E-state index >= 15 is 0 Å². The quantitative estimate of drug-likeness (QED) is 0.901. The fourth-order valence-corrected chi connectivity index (χ4v) is 3.64. The van der Waals surface area contributed by atoms with Crippen LogP contribution in [0.25, 0.3) is 0 Å². The van der Waals surface area contributed by atoms with Crippen molar-refractivity contribution in [2.75, 3.05) is 4.90 Å². The second kappa shape index (κ2) is 5.44. The summed E-state index contributed by atoms with van der Waals surface area (Å²) in [6, 6.07) is 9.83. The van der Waals surface area contributed by atoms with Gasteiger partial charge in [-0.2, -0.15) is 0 Å². The molecule has 2 heterocycles. The number of aromatic carboxylic acids is 1. The number of fused-ring (bicyclic) bond motifs is 1. The highest BCUT2D eigenvalue weighted by Crippen LogP contribution is 2.44. The van der Waals surface area contributed by atoms with Crippen LogP contribution in [-0.2, 0) is 6.54 Å². The number of hydrogen-bond donors (Lipinski definition) is 1. The van der Waals surface area contributed by atoms with Gasteiger partial charge in [-0.05, 0) is 56.9 Å². The summed E-state index contributed by atoms with van der Waals surface area (Å²) >= 11 is 0. The maximum atomic E-state index is 11.0. The van der Waals surface area contributed by atoms with E-state index < -0.39 is 5.97 Å². The van der Waals surface area contributed by atoms with Gasteiger partial charge in [0, 0.05) is 11.2 Å². The van der Waals surface area contributed by atoms with Crippen LogP contribution in [0.5, 0.6) is 0 Å². The maximum absolute atomic E-state index is 11.0. The Hall–Kier alpha value is -2.23. The molecule has 0 spiro atoms. The highest BCUT2D eigenvalue weighted by atomic mass is 16.4. The van der Waals surface area contributed by atoms with E-state index in [4.69, 9.17) is 9.52 Å². The Balaban J connectivity index is 1.99. The summed E-state index contributed by atoms with van der Waals surface area (Å²) in [6.45, 7) is 9.42. The Kier molecular flexibility index (Phi) is 3.71. The lowest BCUT2D eigenvalue weighted by atomic mass is 9.79. The number of furan rings is 1. The Morgan fingerprint density at radius 3 is 2.74 bits per heavy atom. The topological polar surface area (TPSA) is 53.7 Å². The van der Waals surface area contributed by atoms with Crippen LogP contribution in [0.3, 0.4) is 0 Å². The van der Waals surface area contributed by atoms with E-state index in [1.165, 1.54) is 22.9 Å². The summed E-state index contributed by atoms with van der Waals surface area (Å²) in [6.07, 6.45) is 1.05. The van der Waals surface area contributed by atoms with E-state index in [9.17, 15) is 4.79 Å². The van der Waals surface area contributed by atoms with Crippen molar-refractivity contribution < 1.29 is 14.3 Å². The first-order valence-electron chi connectivity index (χ1n) is 7.98. The zero-order valence-corrected chi connectivity index (χ0v) is 14.1. The second-order valence-corrected chi connectivity index (χ2v) is 7.14. The van der Waals surface area contributed by atoms with Gasteiger partial charge in [0.1, 0.15) is 5.76 Å². The molecule has 1 aromatic heterocycles. The lowest BCUT2D eigenvalue weighted by Crippen LogP contribution is -2.47. The minimum atomic E-state index is -1.03. The van der Waals surface area contributed by atoms with Crippen molar-refractivity contribution in [2.45, 2.75) is 52.1 Å². The van der Waals surface area contributed by atoms with E-state index in [1.54, 1.807) is 6.07 Å². The van der Waals surface area contributed by atoms with Crippen LogP contribution >= 0.6 is 0 Å². The lowest BCUT2D eigenvalue weighted by molar-refractivity contribution is 0.0660. The van der Waals surface area contributed by atoms with Crippen molar-refractivity contribution in [1.29, 1.82) is 0 Å². The number of carbonyl (C=O) groups is 1. The molecule has 23 heavy (non-hydrogen) atoms. The molecule has 0 saturated carbocycles. The number of carboxylic acids is 1. The average Bonchev–Trinajstić information content (AvgIpc) is 2.92. The molecule has 0 saturated heterocycles. The number of aryl methyl sites for hydroxylation is 1. The van der Waals surface area contributed by atoms with E-state index in [1.807, 2.05) is 0 Å². The summed E-state index contributed by atoms with van der Waals surface area (Å²) in [5, 5.41) is 9.02. The molecule has 1 N–H and O–H groups in total. The predicted molar refractivity (Wildman–Crippen MR) is 90.1 cm³/mol. The Bertz CT molecular complexity index is 745. The standard InChI is InChI=1S/C19H23NO3/c1-12-5-7-16-15(9-12)13(2)10-19(3,4)20(16)11-14-6-8-17(23-14)18(21)22/h5-9,13H,10-11H2,1-4H3,(H,21,22). The predicted octanol–water partition coefficient (Wildman–Crippen LogP) is 4.58. The molecule has 0 bridgehead atoms. The second-order valence-electron chi connectivity index (χ2n) is 7.14. The molecule has 0 radical (unpaired) electrons. The molecule has 2 aromatic rings. The van der Waals surface area contributed by atoms with Gasteiger partial charge >= 0.3 is 5.97 Å². The first-order valence-corrected chi connectivity index (χ1v) is 7.98. The fourth-order valence-electron chi connectivity index (χ4n) is 3.64. The minimum Gasteiger partial charge on any atom is -0.475 e. The van der Waals surface area contributed by atoms with Crippen LogP contribution in [0.1, 0.15) is 60.6 Å². The molecule has 3 rings (SSSR count). The van der Waals surface area contributed by atoms with Gasteiger partial charge in [-0.25, -0.2) is 4.79 Å². The van der Waals surface area contributed by atoms with Gasteiger partial charge < -0.3 is 14.4 Å². The molecule has 122 valence electrons. The van der Waals surface area contributed by atoms with Crippen molar-refractivity contribution >= 4 is 11.7 Å². The third kappa shape index (κ3) is 2.85. The van der Waals surface area contributed by atoms with Gasteiger partial charge in [-0.1, -0.05) is 24.6 Å². The van der Waals surface area contributed by atoms with Crippen LogP contribution in [0.2, 0.25) is 0 Å². The molecule has 0 amide bonds. The number of anilines is 1. The maximum Gasteiger partial charge on any atom is 0.371 e. The molecule has 4 nitrogen and oxygen atoms in total. The molecule has 1 aliphatic heterocycles. The highest BCUT2D eigenvalue weighted by Gasteiger charge is 2.36. The van der Waals surface area contributed by atoms with Crippen molar-refractivity contribution in [1.82, 2.24) is 0 Å². The largest absolute Gasteiger partial charge is 0.475 e. The first kappa shape index (κ1) is 15.7. The summed E-state index contributed by atoms with van der Waals surface area (Å²) in [5.74, 6) is 0.144. The van der Waals surface area contributed by atoms with Crippen LogP contribution in [0.15, 0.2) is 34.7 Å². The number of carboxylic acid groups (broad SMARTS) is 1. The van der Waals surface area contributed by atoms with Crippen LogP contribution in [0.4, 0.5) is 5.69 Å². The van der Waals surface area contributed by atoms with Crippen molar-refractivity contribution in [3.63, 3.8) is 0 Å². The van der Waals surface area contributed by atoms with Gasteiger partial charge in [0.25, 0.3) is 0 Å². The molecular weight excluding hydrogens is 290 g/mol. The highest BCUT2D eigenvalue weighted by molar-refractivity contribution is 5.84. The third-order valence-electron chi connectivity index (χ3n) is 4.73. The van der Waals surface area contributed by atoms with E-state index in [0.717, 1.165) is 6.42 Å². The van der Waals surface area contributed by atoms with E-state index in [-0.39, 0.29) is 11.3 Å². The summed E-state index contributed by atoms with van der Waals surface area (Å²) in [5.41, 5.74) is 3.82. The third-order valence-corrected chi connectivity index (χ3v) is 4.73. The SMILES string of the molecule is Cc1ccc2c(c1)C(C)CC(C)(C)N2Cc1ccc(C(=O)O)o1. The molecule has 0 fully saturated rings. The smallest absolute Gasteiger partial charge is 0.371 e. The molecular formula is C19H23NO3. The monoisotopic (exact) mass is 313 g/mol. The number of nitrogens with zero attached hydrogens (tertiary/aromatic N) is 1. The first-order chi connectivity index (χ1) is 10.8. The average molecular weight is 313 g/mol. The van der Waals surface area contributed by atoms with Crippen LogP contribution < -0.4 is 4.90 Å². The summed E-state index contributed by atoms with van der Waals surface area (Å²) in [7, 11) is 0. The van der Waals surface area contributed by atoms with Crippen molar-refractivity contribution in [3.05, 3.63) is 53.0 Å². The molecule has 1 aromatic carbocycles. The molecule has 1 atom stereocenters. The summed E-state index contributed by atoms with van der Waals surface area (Å²) in [4.78, 5) is 13.3. The molecule has 4 heteroatoms. The Morgan fingerprint density at radius 1 is 1.35 bits per heavy atom. The minimum absolute atomic E-state index is 0.00712. The normalized spacial score (nSPS) is 19.5. The van der Waals surface area contributed by atoms with Crippen molar-refractivity contribution in [3.8, 4) is 0 Å². The Labute approximate surface area is 136 Å². The number of benzene rings is 1. The van der Waals surface area contributed by atoms with Gasteiger partial charge in [0.2, 0.25) is 5.76 Å². The van der Waals surface area contributed by atoms with Gasteiger partial charge in [0.05, 0.1) is 6.54 Å². The lowest BCUT2D eigenvalue weighted by Gasteiger charge is -2.47. The number of hydrogen-bond acceptors (Lipinski definition) is 3.